The molecule has 1 saturated carbocycles. The Balaban J connectivity index is 1.38. The number of hydrogen-bond donors (Lipinski definition) is 3. The van der Waals surface area contributed by atoms with Crippen LogP contribution in [0.2, 0.25) is 0 Å². The van der Waals surface area contributed by atoms with E-state index in [0.29, 0.717) is 12.0 Å². The summed E-state index contributed by atoms with van der Waals surface area (Å²) in [7, 11) is 0. The number of nitrogens with one attached hydrogen (secondary N) is 2. The van der Waals surface area contributed by atoms with Gasteiger partial charge < -0.3 is 15.4 Å². The van der Waals surface area contributed by atoms with E-state index in [2.05, 4.69) is 37.4 Å². The lowest BCUT2D eigenvalue weighted by Gasteiger charge is -2.35. The van der Waals surface area contributed by atoms with Crippen LogP contribution in [0.15, 0.2) is 37.1 Å². The second-order valence-electron chi connectivity index (χ2n) is 7.67. The SMILES string of the molecule is CCC1(O)CCC(Nc2ncc3c(-c4ccc5nncn5c4)c[nH]c3n2)CC1. The third-order valence-corrected chi connectivity index (χ3v) is 5.94. The van der Waals surface area contributed by atoms with Crippen LogP contribution in [0.25, 0.3) is 27.8 Å². The van der Waals surface area contributed by atoms with Crippen LogP contribution in [0.3, 0.4) is 0 Å². The minimum Gasteiger partial charge on any atom is -0.390 e. The van der Waals surface area contributed by atoms with Gasteiger partial charge in [-0.15, -0.1) is 10.2 Å². The summed E-state index contributed by atoms with van der Waals surface area (Å²) >= 11 is 0. The molecular weight excluding hydrogens is 354 g/mol. The van der Waals surface area contributed by atoms with Gasteiger partial charge in [0.2, 0.25) is 5.95 Å². The highest BCUT2D eigenvalue weighted by molar-refractivity contribution is 5.93. The second kappa shape index (κ2) is 6.56. The summed E-state index contributed by atoms with van der Waals surface area (Å²) in [6.07, 6.45) is 11.8. The first-order valence-corrected chi connectivity index (χ1v) is 9.76. The first-order chi connectivity index (χ1) is 13.6. The molecular formula is C20H23N7O. The number of aromatic nitrogens is 6. The van der Waals surface area contributed by atoms with Crippen molar-refractivity contribution in [2.24, 2.45) is 0 Å². The van der Waals surface area contributed by atoms with Crippen molar-refractivity contribution >= 4 is 22.6 Å². The van der Waals surface area contributed by atoms with E-state index in [1.54, 1.807) is 6.33 Å². The normalized spacial score (nSPS) is 22.7. The standard InChI is InChI=1S/C20H23N7O/c1-2-20(28)7-5-14(6-8-20)24-19-22-10-16-15(9-21-18(16)25-19)13-3-4-17-26-23-12-27(17)11-13/h3-4,9-12,14,28H,2,5-8H2,1H3,(H2,21,22,24,25). The van der Waals surface area contributed by atoms with Crippen molar-refractivity contribution in [1.29, 1.82) is 0 Å². The average molecular weight is 377 g/mol. The molecule has 1 fully saturated rings. The van der Waals surface area contributed by atoms with E-state index >= 15 is 0 Å². The molecule has 0 amide bonds. The summed E-state index contributed by atoms with van der Waals surface area (Å²) in [4.78, 5) is 12.4. The molecule has 1 aliphatic carbocycles. The van der Waals surface area contributed by atoms with Gasteiger partial charge in [0.1, 0.15) is 12.0 Å². The fourth-order valence-electron chi connectivity index (χ4n) is 4.04. The molecule has 4 heterocycles. The quantitative estimate of drug-likeness (QED) is 0.505. The molecule has 8 nitrogen and oxygen atoms in total. The minimum absolute atomic E-state index is 0.301. The monoisotopic (exact) mass is 377 g/mol. The molecule has 4 aromatic heterocycles. The topological polar surface area (TPSA) is 104 Å². The van der Waals surface area contributed by atoms with Gasteiger partial charge in [0.25, 0.3) is 0 Å². The third kappa shape index (κ3) is 2.99. The molecule has 0 spiro atoms. The molecule has 0 aliphatic heterocycles. The van der Waals surface area contributed by atoms with Gasteiger partial charge in [-0.1, -0.05) is 6.92 Å². The van der Waals surface area contributed by atoms with Gasteiger partial charge in [-0.05, 0) is 44.2 Å². The zero-order valence-corrected chi connectivity index (χ0v) is 15.8. The number of aromatic amines is 1. The van der Waals surface area contributed by atoms with E-state index in [-0.39, 0.29) is 0 Å². The minimum atomic E-state index is -0.497. The highest BCUT2D eigenvalue weighted by atomic mass is 16.3. The number of hydrogen-bond acceptors (Lipinski definition) is 6. The first-order valence-electron chi connectivity index (χ1n) is 9.76. The molecule has 0 bridgehead atoms. The van der Waals surface area contributed by atoms with Crippen LogP contribution >= 0.6 is 0 Å². The molecule has 4 aromatic rings. The maximum absolute atomic E-state index is 10.4. The van der Waals surface area contributed by atoms with E-state index in [1.165, 1.54) is 0 Å². The summed E-state index contributed by atoms with van der Waals surface area (Å²) < 4.78 is 1.89. The second-order valence-corrected chi connectivity index (χ2v) is 7.67. The van der Waals surface area contributed by atoms with Crippen molar-refractivity contribution in [2.75, 3.05) is 5.32 Å². The Kier molecular flexibility index (Phi) is 4.01. The van der Waals surface area contributed by atoms with Gasteiger partial charge in [-0.3, -0.25) is 4.40 Å². The van der Waals surface area contributed by atoms with Gasteiger partial charge in [0.05, 0.1) is 5.60 Å². The fourth-order valence-corrected chi connectivity index (χ4v) is 4.04. The van der Waals surface area contributed by atoms with Crippen molar-refractivity contribution in [3.63, 3.8) is 0 Å². The van der Waals surface area contributed by atoms with Crippen molar-refractivity contribution in [3.05, 3.63) is 37.1 Å². The van der Waals surface area contributed by atoms with Gasteiger partial charge >= 0.3 is 0 Å². The molecule has 0 aromatic carbocycles. The maximum atomic E-state index is 10.4. The van der Waals surface area contributed by atoms with Gasteiger partial charge in [0.15, 0.2) is 5.65 Å². The van der Waals surface area contributed by atoms with E-state index in [0.717, 1.165) is 59.9 Å². The van der Waals surface area contributed by atoms with Crippen molar-refractivity contribution < 1.29 is 5.11 Å². The number of rotatable bonds is 4. The highest BCUT2D eigenvalue weighted by Gasteiger charge is 2.31. The van der Waals surface area contributed by atoms with Crippen molar-refractivity contribution in [3.8, 4) is 11.1 Å². The lowest BCUT2D eigenvalue weighted by molar-refractivity contribution is -0.00197. The molecule has 0 atom stereocenters. The van der Waals surface area contributed by atoms with Crippen molar-refractivity contribution in [2.45, 2.75) is 50.7 Å². The fraction of sp³-hybridized carbons (Fsp3) is 0.400. The summed E-state index contributed by atoms with van der Waals surface area (Å²) in [5.41, 5.74) is 3.21. The smallest absolute Gasteiger partial charge is 0.224 e. The Morgan fingerprint density at radius 1 is 1.32 bits per heavy atom. The zero-order chi connectivity index (χ0) is 19.1. The number of anilines is 1. The van der Waals surface area contributed by atoms with E-state index in [9.17, 15) is 5.11 Å². The molecule has 28 heavy (non-hydrogen) atoms. The first kappa shape index (κ1) is 17.1. The lowest BCUT2D eigenvalue weighted by atomic mass is 9.80. The Morgan fingerprint density at radius 3 is 3.00 bits per heavy atom. The number of pyridine rings is 1. The predicted octanol–water partition coefficient (Wildman–Crippen LogP) is 3.16. The molecule has 0 radical (unpaired) electrons. The molecule has 1 aliphatic rings. The lowest BCUT2D eigenvalue weighted by Crippen LogP contribution is -2.38. The predicted molar refractivity (Wildman–Crippen MR) is 107 cm³/mol. The number of H-pyrrole nitrogens is 1. The molecule has 0 saturated heterocycles. The average Bonchev–Trinajstić information content (AvgIpc) is 3.35. The Hall–Kier alpha value is -3.00. The summed E-state index contributed by atoms with van der Waals surface area (Å²) in [6.45, 7) is 2.05. The number of aliphatic hydroxyl groups is 1. The highest BCUT2D eigenvalue weighted by Crippen LogP contribution is 2.32. The molecule has 8 heteroatoms. The maximum Gasteiger partial charge on any atom is 0.224 e. The largest absolute Gasteiger partial charge is 0.390 e. The van der Waals surface area contributed by atoms with Crippen LogP contribution in [0, 0.1) is 0 Å². The van der Waals surface area contributed by atoms with Crippen LogP contribution in [-0.2, 0) is 0 Å². The molecule has 0 unspecified atom stereocenters. The zero-order valence-electron chi connectivity index (χ0n) is 15.8. The molecule has 144 valence electrons. The van der Waals surface area contributed by atoms with Gasteiger partial charge in [-0.2, -0.15) is 4.98 Å². The van der Waals surface area contributed by atoms with E-state index < -0.39 is 5.60 Å². The molecule has 3 N–H and O–H groups in total. The Labute approximate surface area is 162 Å². The van der Waals surface area contributed by atoms with Crippen molar-refractivity contribution in [1.82, 2.24) is 29.5 Å². The number of nitrogens with zero attached hydrogens (tertiary/aromatic N) is 5. The van der Waals surface area contributed by atoms with Crippen LogP contribution in [0.5, 0.6) is 0 Å². The number of fused-ring (bicyclic) bond motifs is 2. The van der Waals surface area contributed by atoms with E-state index in [1.807, 2.05) is 35.1 Å². The molecule has 5 rings (SSSR count). The summed E-state index contributed by atoms with van der Waals surface area (Å²) in [6, 6.07) is 4.27. The van der Waals surface area contributed by atoms with E-state index in [4.69, 9.17) is 0 Å². The van der Waals surface area contributed by atoms with Gasteiger partial charge in [-0.25, -0.2) is 4.98 Å². The van der Waals surface area contributed by atoms with Crippen LogP contribution < -0.4 is 5.32 Å². The van der Waals surface area contributed by atoms with Crippen LogP contribution in [0.4, 0.5) is 5.95 Å². The van der Waals surface area contributed by atoms with Crippen LogP contribution in [-0.4, -0.2) is 46.3 Å². The Morgan fingerprint density at radius 2 is 2.18 bits per heavy atom. The van der Waals surface area contributed by atoms with Gasteiger partial charge in [0, 0.05) is 41.1 Å². The summed E-state index contributed by atoms with van der Waals surface area (Å²) in [5, 5.41) is 22.8. The third-order valence-electron chi connectivity index (χ3n) is 5.94. The van der Waals surface area contributed by atoms with Crippen LogP contribution in [0.1, 0.15) is 39.0 Å². The Bertz CT molecular complexity index is 1120. The summed E-state index contributed by atoms with van der Waals surface area (Å²) in [5.74, 6) is 0.627.